The molecular weight excluding hydrogens is 272 g/mol. The van der Waals surface area contributed by atoms with Crippen LogP contribution in [0.5, 0.6) is 0 Å². The monoisotopic (exact) mass is 282 g/mol. The van der Waals surface area contributed by atoms with E-state index in [0.29, 0.717) is 11.8 Å². The molecule has 2 aliphatic rings. The zero-order valence-electron chi connectivity index (χ0n) is 9.04. The lowest BCUT2D eigenvalue weighted by atomic mass is 9.92. The van der Waals surface area contributed by atoms with Crippen molar-refractivity contribution in [2.75, 3.05) is 5.75 Å². The number of allylic oxidation sites excluding steroid dienone is 4. The molecule has 2 nitrogen and oxygen atoms in total. The first-order valence-corrected chi connectivity index (χ1v) is 6.10. The fraction of sp³-hybridized carbons (Fsp3) is 0.455. The lowest BCUT2D eigenvalue weighted by Crippen LogP contribution is -2.54. The minimum atomic E-state index is -3.87. The summed E-state index contributed by atoms with van der Waals surface area (Å²) in [5, 5.41) is 19.1. The number of rotatable bonds is 1. The van der Waals surface area contributed by atoms with Gasteiger partial charge in [-0.05, 0) is 11.3 Å². The summed E-state index contributed by atoms with van der Waals surface area (Å²) < 4.78 is 52.7. The largest absolute Gasteiger partial charge is 0.357 e. The van der Waals surface area contributed by atoms with E-state index in [2.05, 4.69) is 0 Å². The summed E-state index contributed by atoms with van der Waals surface area (Å²) in [6.45, 7) is 0. The van der Waals surface area contributed by atoms with Crippen LogP contribution < -0.4 is 0 Å². The molecule has 0 atom stereocenters. The number of hydrogen-bond donors (Lipinski definition) is 2. The SMILES string of the molecule is OC1(O)C2=C(CC=CC=C2C(F)F)SCC1(F)F. The van der Waals surface area contributed by atoms with Gasteiger partial charge in [0.1, 0.15) is 0 Å². The van der Waals surface area contributed by atoms with Crippen LogP contribution in [0.15, 0.2) is 34.3 Å². The molecule has 0 aromatic carbocycles. The van der Waals surface area contributed by atoms with Crippen molar-refractivity contribution >= 4 is 11.8 Å². The summed E-state index contributed by atoms with van der Waals surface area (Å²) in [4.78, 5) is 0.145. The van der Waals surface area contributed by atoms with Crippen LogP contribution in [-0.4, -0.2) is 34.1 Å². The van der Waals surface area contributed by atoms with Gasteiger partial charge in [-0.2, -0.15) is 8.78 Å². The second-order valence-electron chi connectivity index (χ2n) is 4.02. The van der Waals surface area contributed by atoms with E-state index in [0.717, 1.165) is 6.08 Å². The quantitative estimate of drug-likeness (QED) is 0.573. The van der Waals surface area contributed by atoms with Crippen molar-refractivity contribution < 1.29 is 27.8 Å². The maximum Gasteiger partial charge on any atom is 0.314 e. The Morgan fingerprint density at radius 2 is 1.94 bits per heavy atom. The first-order chi connectivity index (χ1) is 8.27. The third kappa shape index (κ3) is 2.00. The van der Waals surface area contributed by atoms with Gasteiger partial charge in [-0.1, -0.05) is 18.2 Å². The second-order valence-corrected chi connectivity index (χ2v) is 5.09. The molecule has 18 heavy (non-hydrogen) atoms. The van der Waals surface area contributed by atoms with Gasteiger partial charge in [-0.15, -0.1) is 11.8 Å². The first kappa shape index (κ1) is 13.6. The number of halogens is 4. The normalized spacial score (nSPS) is 25.8. The number of alkyl halides is 4. The molecule has 0 saturated carbocycles. The molecule has 0 aromatic rings. The Hall–Kier alpha value is -0.790. The molecule has 0 radical (unpaired) electrons. The first-order valence-electron chi connectivity index (χ1n) is 5.11. The summed E-state index contributed by atoms with van der Waals surface area (Å²) in [6.07, 6.45) is 0.833. The summed E-state index contributed by atoms with van der Waals surface area (Å²) in [6, 6.07) is 0. The fourth-order valence-corrected chi connectivity index (χ4v) is 3.04. The molecule has 2 rings (SSSR count). The van der Waals surface area contributed by atoms with Gasteiger partial charge >= 0.3 is 5.92 Å². The van der Waals surface area contributed by atoms with Gasteiger partial charge < -0.3 is 10.2 Å². The molecule has 0 bridgehead atoms. The summed E-state index contributed by atoms with van der Waals surface area (Å²) in [5.41, 5.74) is -1.53. The summed E-state index contributed by atoms with van der Waals surface area (Å²) >= 11 is 0.675. The van der Waals surface area contributed by atoms with Crippen molar-refractivity contribution in [3.8, 4) is 0 Å². The molecule has 7 heteroatoms. The predicted molar refractivity (Wildman–Crippen MR) is 59.4 cm³/mol. The molecule has 0 spiro atoms. The zero-order chi connectivity index (χ0) is 13.6. The highest BCUT2D eigenvalue weighted by Gasteiger charge is 2.59. The van der Waals surface area contributed by atoms with Gasteiger partial charge in [0, 0.05) is 11.1 Å². The van der Waals surface area contributed by atoms with E-state index >= 15 is 0 Å². The van der Waals surface area contributed by atoms with E-state index in [9.17, 15) is 27.8 Å². The smallest absolute Gasteiger partial charge is 0.314 e. The molecule has 0 amide bonds. The van der Waals surface area contributed by atoms with Crippen molar-refractivity contribution in [1.29, 1.82) is 0 Å². The van der Waals surface area contributed by atoms with Gasteiger partial charge in [0.15, 0.2) is 0 Å². The minimum Gasteiger partial charge on any atom is -0.357 e. The Kier molecular flexibility index (Phi) is 3.33. The van der Waals surface area contributed by atoms with Crippen LogP contribution in [0, 0.1) is 0 Å². The van der Waals surface area contributed by atoms with Crippen molar-refractivity contribution in [3.05, 3.63) is 34.3 Å². The Morgan fingerprint density at radius 1 is 1.28 bits per heavy atom. The molecule has 0 saturated heterocycles. The third-order valence-corrected chi connectivity index (χ3v) is 4.03. The minimum absolute atomic E-state index is 0.131. The van der Waals surface area contributed by atoms with Crippen molar-refractivity contribution in [2.24, 2.45) is 0 Å². The molecule has 0 unspecified atom stereocenters. The van der Waals surface area contributed by atoms with Crippen LogP contribution in [0.2, 0.25) is 0 Å². The Morgan fingerprint density at radius 3 is 2.56 bits per heavy atom. The van der Waals surface area contributed by atoms with Crippen LogP contribution in [0.4, 0.5) is 17.6 Å². The maximum absolute atomic E-state index is 13.5. The Labute approximate surface area is 105 Å². The molecule has 2 N–H and O–H groups in total. The Balaban J connectivity index is 2.59. The lowest BCUT2D eigenvalue weighted by Gasteiger charge is -2.38. The standard InChI is InChI=1S/C11H10F4O2S/c12-9(13)6-3-1-2-4-7-8(6)11(16,17)10(14,15)5-18-7/h1-3,9,16-17H,4-5H2. The van der Waals surface area contributed by atoms with E-state index < -0.39 is 35.0 Å². The fourth-order valence-electron chi connectivity index (χ4n) is 1.86. The molecule has 1 aliphatic carbocycles. The highest BCUT2D eigenvalue weighted by molar-refractivity contribution is 8.03. The van der Waals surface area contributed by atoms with Crippen LogP contribution in [0.1, 0.15) is 6.42 Å². The van der Waals surface area contributed by atoms with E-state index in [1.807, 2.05) is 0 Å². The lowest BCUT2D eigenvalue weighted by molar-refractivity contribution is -0.261. The van der Waals surface area contributed by atoms with E-state index in [1.54, 1.807) is 0 Å². The van der Waals surface area contributed by atoms with Crippen LogP contribution in [0.25, 0.3) is 0 Å². The topological polar surface area (TPSA) is 40.5 Å². The molecule has 0 aromatic heterocycles. The summed E-state index contributed by atoms with van der Waals surface area (Å²) in [5.74, 6) is -8.26. The van der Waals surface area contributed by atoms with Crippen LogP contribution in [0.3, 0.4) is 0 Å². The zero-order valence-corrected chi connectivity index (χ0v) is 9.85. The number of hydrogen-bond acceptors (Lipinski definition) is 3. The number of aliphatic hydroxyl groups is 2. The molecule has 100 valence electrons. The molecule has 1 heterocycles. The predicted octanol–water partition coefficient (Wildman–Crippen LogP) is 2.45. The molecular formula is C11H10F4O2S. The Bertz CT molecular complexity index is 452. The van der Waals surface area contributed by atoms with Crippen LogP contribution >= 0.6 is 11.8 Å². The average Bonchev–Trinajstić information content (AvgIpc) is 2.47. The van der Waals surface area contributed by atoms with Crippen molar-refractivity contribution in [3.63, 3.8) is 0 Å². The van der Waals surface area contributed by atoms with Crippen molar-refractivity contribution in [2.45, 2.75) is 24.6 Å². The molecule has 0 fully saturated rings. The van der Waals surface area contributed by atoms with Gasteiger partial charge in [0.05, 0.1) is 5.75 Å². The van der Waals surface area contributed by atoms with E-state index in [-0.39, 0.29) is 11.3 Å². The van der Waals surface area contributed by atoms with Crippen molar-refractivity contribution in [1.82, 2.24) is 0 Å². The van der Waals surface area contributed by atoms with E-state index in [1.165, 1.54) is 12.2 Å². The van der Waals surface area contributed by atoms with Gasteiger partial charge in [0.25, 0.3) is 12.2 Å². The van der Waals surface area contributed by atoms with Gasteiger partial charge in [-0.3, -0.25) is 0 Å². The maximum atomic E-state index is 13.5. The second kappa shape index (κ2) is 4.40. The van der Waals surface area contributed by atoms with E-state index in [4.69, 9.17) is 0 Å². The van der Waals surface area contributed by atoms with Gasteiger partial charge in [-0.25, -0.2) is 8.78 Å². The van der Waals surface area contributed by atoms with Crippen LogP contribution in [-0.2, 0) is 0 Å². The highest BCUT2D eigenvalue weighted by atomic mass is 32.2. The van der Waals surface area contributed by atoms with Gasteiger partial charge in [0.2, 0.25) is 0 Å². The number of thioether (sulfide) groups is 1. The average molecular weight is 282 g/mol. The third-order valence-electron chi connectivity index (χ3n) is 2.80. The highest BCUT2D eigenvalue weighted by Crippen LogP contribution is 2.49. The molecule has 1 aliphatic heterocycles. The summed E-state index contributed by atoms with van der Waals surface area (Å²) in [7, 11) is 0.